The molecule has 0 atom stereocenters. The van der Waals surface area contributed by atoms with Gasteiger partial charge >= 0.3 is 6.18 Å². The van der Waals surface area contributed by atoms with E-state index in [1.54, 1.807) is 4.90 Å². The van der Waals surface area contributed by atoms with Crippen LogP contribution in [0, 0.1) is 5.92 Å². The van der Waals surface area contributed by atoms with E-state index in [2.05, 4.69) is 0 Å². The van der Waals surface area contributed by atoms with Gasteiger partial charge in [-0.15, -0.1) is 0 Å². The number of hydrogen-bond acceptors (Lipinski definition) is 4. The second-order valence-corrected chi connectivity index (χ2v) is 5.22. The second kappa shape index (κ2) is 5.93. The lowest BCUT2D eigenvalue weighted by Gasteiger charge is -2.32. The van der Waals surface area contributed by atoms with Gasteiger partial charge in [-0.05, 0) is 44.1 Å². The van der Waals surface area contributed by atoms with E-state index >= 15 is 0 Å². The molecule has 1 aliphatic rings. The van der Waals surface area contributed by atoms with Crippen molar-refractivity contribution in [1.29, 1.82) is 0 Å². The first-order valence-corrected chi connectivity index (χ1v) is 6.61. The van der Waals surface area contributed by atoms with Gasteiger partial charge in [0.25, 0.3) is 0 Å². The van der Waals surface area contributed by atoms with Gasteiger partial charge in [0.15, 0.2) is 17.3 Å². The number of halogens is 3. The molecule has 21 heavy (non-hydrogen) atoms. The molecule has 0 unspecified atom stereocenters. The number of ketones is 1. The number of carbonyl (C=O) groups excluding carboxylic acids is 1. The van der Waals surface area contributed by atoms with Gasteiger partial charge in [0, 0.05) is 5.56 Å². The zero-order valence-electron chi connectivity index (χ0n) is 11.2. The molecule has 0 aliphatic carbocycles. The number of phenols is 2. The Bertz CT molecular complexity index is 523. The lowest BCUT2D eigenvalue weighted by molar-refractivity contribution is -0.184. The number of aromatic hydroxyl groups is 2. The predicted molar refractivity (Wildman–Crippen MR) is 69.3 cm³/mol. The first kappa shape index (κ1) is 15.6. The fraction of sp³-hybridized carbons (Fsp3) is 0.500. The average molecular weight is 303 g/mol. The van der Waals surface area contributed by atoms with Gasteiger partial charge in [-0.2, -0.15) is 13.2 Å². The third kappa shape index (κ3) is 3.87. The molecule has 116 valence electrons. The summed E-state index contributed by atoms with van der Waals surface area (Å²) < 4.78 is 37.6. The van der Waals surface area contributed by atoms with Crippen LogP contribution in [0.3, 0.4) is 0 Å². The molecule has 2 rings (SSSR count). The Morgan fingerprint density at radius 1 is 1.19 bits per heavy atom. The van der Waals surface area contributed by atoms with Crippen LogP contribution in [0.25, 0.3) is 0 Å². The minimum Gasteiger partial charge on any atom is -0.504 e. The maximum absolute atomic E-state index is 12.5. The van der Waals surface area contributed by atoms with Crippen molar-refractivity contribution < 1.29 is 28.2 Å². The molecule has 0 saturated carbocycles. The normalized spacial score (nSPS) is 17.9. The summed E-state index contributed by atoms with van der Waals surface area (Å²) in [4.78, 5) is 13.7. The third-order valence-corrected chi connectivity index (χ3v) is 3.72. The fourth-order valence-corrected chi connectivity index (χ4v) is 2.41. The highest BCUT2D eigenvalue weighted by molar-refractivity contribution is 5.98. The summed E-state index contributed by atoms with van der Waals surface area (Å²) in [5.74, 6) is -2.30. The molecule has 4 nitrogen and oxygen atoms in total. The molecule has 0 spiro atoms. The van der Waals surface area contributed by atoms with Gasteiger partial charge in [-0.25, -0.2) is 0 Å². The lowest BCUT2D eigenvalue weighted by atomic mass is 9.96. The van der Waals surface area contributed by atoms with Crippen molar-refractivity contribution in [3.05, 3.63) is 23.8 Å². The quantitative estimate of drug-likeness (QED) is 0.665. The highest BCUT2D eigenvalue weighted by atomic mass is 19.4. The summed E-state index contributed by atoms with van der Waals surface area (Å²) in [6.45, 7) is 0.453. The molecule has 1 fully saturated rings. The Labute approximate surface area is 119 Å². The van der Waals surface area contributed by atoms with E-state index in [-0.39, 0.29) is 49.6 Å². The Morgan fingerprint density at radius 2 is 1.81 bits per heavy atom. The SMILES string of the molecule is O=C(CN1CCC(C(F)(F)F)CC1)c1ccc(O)c(O)c1. The number of Topliss-reactive ketones (excluding diaryl/α,β-unsaturated/α-hetero) is 1. The van der Waals surface area contributed by atoms with Gasteiger partial charge in [-0.1, -0.05) is 0 Å². The van der Waals surface area contributed by atoms with Crippen molar-refractivity contribution >= 4 is 5.78 Å². The van der Waals surface area contributed by atoms with E-state index in [1.807, 2.05) is 0 Å². The molecule has 1 heterocycles. The van der Waals surface area contributed by atoms with Gasteiger partial charge in [0.05, 0.1) is 12.5 Å². The van der Waals surface area contributed by atoms with E-state index in [1.165, 1.54) is 12.1 Å². The smallest absolute Gasteiger partial charge is 0.391 e. The summed E-state index contributed by atoms with van der Waals surface area (Å²) in [5.41, 5.74) is 0.225. The fourth-order valence-electron chi connectivity index (χ4n) is 2.41. The Balaban J connectivity index is 1.91. The zero-order chi connectivity index (χ0) is 15.6. The van der Waals surface area contributed by atoms with Crippen molar-refractivity contribution in [2.24, 2.45) is 5.92 Å². The Morgan fingerprint density at radius 3 is 2.33 bits per heavy atom. The number of likely N-dealkylation sites (tertiary alicyclic amines) is 1. The zero-order valence-corrected chi connectivity index (χ0v) is 11.2. The van der Waals surface area contributed by atoms with Crippen molar-refractivity contribution in [1.82, 2.24) is 4.90 Å². The molecule has 7 heteroatoms. The summed E-state index contributed by atoms with van der Waals surface area (Å²) in [6, 6.07) is 3.73. The van der Waals surface area contributed by atoms with Crippen LogP contribution in [-0.2, 0) is 0 Å². The Kier molecular flexibility index (Phi) is 4.41. The molecular weight excluding hydrogens is 287 g/mol. The van der Waals surface area contributed by atoms with Crippen molar-refractivity contribution in [2.75, 3.05) is 19.6 Å². The van der Waals surface area contributed by atoms with Crippen LogP contribution in [-0.4, -0.2) is 46.7 Å². The minimum atomic E-state index is -4.17. The van der Waals surface area contributed by atoms with Crippen LogP contribution in [0.4, 0.5) is 13.2 Å². The monoisotopic (exact) mass is 303 g/mol. The summed E-state index contributed by atoms with van der Waals surface area (Å²) in [5, 5.41) is 18.5. The van der Waals surface area contributed by atoms with Crippen LogP contribution in [0.5, 0.6) is 11.5 Å². The number of alkyl halides is 3. The van der Waals surface area contributed by atoms with E-state index in [0.29, 0.717) is 0 Å². The van der Waals surface area contributed by atoms with Gasteiger partial charge in [-0.3, -0.25) is 9.69 Å². The van der Waals surface area contributed by atoms with Crippen LogP contribution >= 0.6 is 0 Å². The van der Waals surface area contributed by atoms with Gasteiger partial charge in [0.2, 0.25) is 0 Å². The number of piperidine rings is 1. The highest BCUT2D eigenvalue weighted by Gasteiger charge is 2.41. The molecule has 1 aromatic rings. The maximum atomic E-state index is 12.5. The maximum Gasteiger partial charge on any atom is 0.391 e. The molecule has 1 saturated heterocycles. The molecule has 1 aromatic carbocycles. The van der Waals surface area contributed by atoms with Crippen LogP contribution < -0.4 is 0 Å². The number of hydrogen-bond donors (Lipinski definition) is 2. The van der Waals surface area contributed by atoms with Crippen LogP contribution in [0.2, 0.25) is 0 Å². The topological polar surface area (TPSA) is 60.8 Å². The molecule has 0 amide bonds. The number of nitrogens with zero attached hydrogens (tertiary/aromatic N) is 1. The van der Waals surface area contributed by atoms with Gasteiger partial charge < -0.3 is 10.2 Å². The van der Waals surface area contributed by atoms with E-state index in [9.17, 15) is 28.2 Å². The van der Waals surface area contributed by atoms with Crippen molar-refractivity contribution in [2.45, 2.75) is 19.0 Å². The van der Waals surface area contributed by atoms with E-state index in [4.69, 9.17) is 0 Å². The largest absolute Gasteiger partial charge is 0.504 e. The van der Waals surface area contributed by atoms with Gasteiger partial charge in [0.1, 0.15) is 0 Å². The van der Waals surface area contributed by atoms with Crippen molar-refractivity contribution in [3.8, 4) is 11.5 Å². The second-order valence-electron chi connectivity index (χ2n) is 5.22. The number of benzene rings is 1. The summed E-state index contributed by atoms with van der Waals surface area (Å²) >= 11 is 0. The lowest BCUT2D eigenvalue weighted by Crippen LogP contribution is -2.41. The van der Waals surface area contributed by atoms with E-state index in [0.717, 1.165) is 6.07 Å². The molecule has 1 aliphatic heterocycles. The number of rotatable bonds is 3. The first-order valence-electron chi connectivity index (χ1n) is 6.61. The molecule has 0 bridgehead atoms. The third-order valence-electron chi connectivity index (χ3n) is 3.72. The number of phenolic OH excluding ortho intramolecular Hbond substituents is 2. The van der Waals surface area contributed by atoms with Crippen LogP contribution in [0.1, 0.15) is 23.2 Å². The molecular formula is C14H16F3NO3. The molecule has 2 N–H and O–H groups in total. The Hall–Kier alpha value is -1.76. The van der Waals surface area contributed by atoms with Crippen LogP contribution in [0.15, 0.2) is 18.2 Å². The van der Waals surface area contributed by atoms with Crippen molar-refractivity contribution in [3.63, 3.8) is 0 Å². The molecule has 0 aromatic heterocycles. The first-order chi connectivity index (χ1) is 9.77. The number of carbonyl (C=O) groups is 1. The predicted octanol–water partition coefficient (Wildman–Crippen LogP) is 2.55. The highest BCUT2D eigenvalue weighted by Crippen LogP contribution is 2.34. The standard InChI is InChI=1S/C14H16F3NO3/c15-14(16,17)10-3-5-18(6-4-10)8-13(21)9-1-2-11(19)12(20)7-9/h1-2,7,10,19-20H,3-6,8H2. The molecule has 0 radical (unpaired) electrons. The minimum absolute atomic E-state index is 0.00237. The average Bonchev–Trinajstić information content (AvgIpc) is 2.41. The van der Waals surface area contributed by atoms with E-state index < -0.39 is 17.8 Å². The summed E-state index contributed by atoms with van der Waals surface area (Å²) in [7, 11) is 0. The summed E-state index contributed by atoms with van der Waals surface area (Å²) in [6.07, 6.45) is -4.17.